The van der Waals surface area contributed by atoms with Crippen LogP contribution < -0.4 is 10.6 Å². The van der Waals surface area contributed by atoms with E-state index < -0.39 is 5.82 Å². The lowest BCUT2D eigenvalue weighted by atomic mass is 10.0. The first-order valence-corrected chi connectivity index (χ1v) is 12.1. The Kier molecular flexibility index (Phi) is 6.66. The van der Waals surface area contributed by atoms with Gasteiger partial charge in [0.2, 0.25) is 0 Å². The van der Waals surface area contributed by atoms with Crippen LogP contribution in [0.15, 0.2) is 55.1 Å². The number of piperidine rings is 1. The molecule has 0 bridgehead atoms. The molecule has 0 radical (unpaired) electrons. The molecule has 5 rings (SSSR count). The SMILES string of the molecule is O=C(NC1CCN(Cc2ccncc2)CC1)c1cc2c(Nc3ccc(F)c(Cl)c3)ncnc2s1. The Labute approximate surface area is 205 Å². The van der Waals surface area contributed by atoms with Crippen molar-refractivity contribution in [2.45, 2.75) is 25.4 Å². The normalized spacial score (nSPS) is 14.9. The summed E-state index contributed by atoms with van der Waals surface area (Å²) >= 11 is 7.20. The number of amides is 1. The third kappa shape index (κ3) is 5.16. The van der Waals surface area contributed by atoms with Crippen LogP contribution in [0.3, 0.4) is 0 Å². The van der Waals surface area contributed by atoms with Crippen LogP contribution in [0.25, 0.3) is 10.2 Å². The van der Waals surface area contributed by atoms with Gasteiger partial charge in [-0.3, -0.25) is 14.7 Å². The molecule has 1 saturated heterocycles. The second kappa shape index (κ2) is 10.0. The molecule has 7 nitrogen and oxygen atoms in total. The molecule has 1 fully saturated rings. The number of likely N-dealkylation sites (tertiary alicyclic amines) is 1. The number of halogens is 2. The second-order valence-electron chi connectivity index (χ2n) is 8.18. The number of hydrogen-bond donors (Lipinski definition) is 2. The van der Waals surface area contributed by atoms with Crippen LogP contribution >= 0.6 is 22.9 Å². The lowest BCUT2D eigenvalue weighted by Crippen LogP contribution is -2.44. The molecule has 1 aliphatic heterocycles. The van der Waals surface area contributed by atoms with Gasteiger partial charge in [0.15, 0.2) is 0 Å². The molecule has 0 unspecified atom stereocenters. The highest BCUT2D eigenvalue weighted by Crippen LogP contribution is 2.31. The molecule has 10 heteroatoms. The topological polar surface area (TPSA) is 83.0 Å². The van der Waals surface area contributed by atoms with Gasteiger partial charge in [0.25, 0.3) is 5.91 Å². The first-order chi connectivity index (χ1) is 16.5. The zero-order chi connectivity index (χ0) is 23.5. The summed E-state index contributed by atoms with van der Waals surface area (Å²) in [6.45, 7) is 2.76. The maximum Gasteiger partial charge on any atom is 0.261 e. The van der Waals surface area contributed by atoms with Crippen molar-refractivity contribution in [3.63, 3.8) is 0 Å². The van der Waals surface area contributed by atoms with Gasteiger partial charge in [-0.15, -0.1) is 11.3 Å². The fraction of sp³-hybridized carbons (Fsp3) is 0.250. The first kappa shape index (κ1) is 22.6. The van der Waals surface area contributed by atoms with Crippen LogP contribution in [0.2, 0.25) is 5.02 Å². The van der Waals surface area contributed by atoms with Crippen LogP contribution in [0.1, 0.15) is 28.1 Å². The molecule has 1 aromatic carbocycles. The largest absolute Gasteiger partial charge is 0.349 e. The number of fused-ring (bicyclic) bond motifs is 1. The Balaban J connectivity index is 1.23. The van der Waals surface area contributed by atoms with Crippen molar-refractivity contribution in [2.75, 3.05) is 18.4 Å². The molecular weight excluding hydrogens is 475 g/mol. The van der Waals surface area contributed by atoms with Crippen LogP contribution in [0.4, 0.5) is 15.9 Å². The zero-order valence-electron chi connectivity index (χ0n) is 18.2. The molecule has 1 aliphatic rings. The summed E-state index contributed by atoms with van der Waals surface area (Å²) in [5, 5.41) is 7.06. The van der Waals surface area contributed by atoms with Gasteiger partial charge in [-0.2, -0.15) is 0 Å². The summed E-state index contributed by atoms with van der Waals surface area (Å²) in [4.78, 5) is 29.3. The van der Waals surface area contributed by atoms with Crippen LogP contribution in [-0.2, 0) is 6.54 Å². The minimum absolute atomic E-state index is 0.0208. The fourth-order valence-electron chi connectivity index (χ4n) is 4.02. The van der Waals surface area contributed by atoms with E-state index >= 15 is 0 Å². The Morgan fingerprint density at radius 2 is 1.94 bits per heavy atom. The number of rotatable bonds is 6. The number of thiophene rings is 1. The highest BCUT2D eigenvalue weighted by molar-refractivity contribution is 7.20. The summed E-state index contributed by atoms with van der Waals surface area (Å²) in [5.74, 6) is -0.0588. The standard InChI is InChI=1S/C24H22ClFN6OS/c25-19-11-17(1-2-20(19)26)30-22-18-12-21(34-24(18)29-14-28-22)23(33)31-16-5-9-32(10-6-16)13-15-3-7-27-8-4-15/h1-4,7-8,11-12,14,16H,5-6,9-10,13H2,(H,31,33)(H,28,29,30). The number of hydrogen-bond acceptors (Lipinski definition) is 7. The molecule has 4 heterocycles. The third-order valence-electron chi connectivity index (χ3n) is 5.81. The first-order valence-electron chi connectivity index (χ1n) is 10.9. The Hall–Kier alpha value is -3.14. The highest BCUT2D eigenvalue weighted by Gasteiger charge is 2.22. The maximum absolute atomic E-state index is 13.5. The minimum atomic E-state index is -0.488. The molecule has 0 aliphatic carbocycles. The van der Waals surface area contributed by atoms with E-state index in [0.29, 0.717) is 21.2 Å². The number of benzene rings is 1. The number of carbonyl (C=O) groups is 1. The van der Waals surface area contributed by atoms with Crippen LogP contribution in [0, 0.1) is 5.82 Å². The fourth-order valence-corrected chi connectivity index (χ4v) is 5.10. The summed E-state index contributed by atoms with van der Waals surface area (Å²) in [5.41, 5.74) is 1.85. The molecule has 0 spiro atoms. The monoisotopic (exact) mass is 496 g/mol. The predicted octanol–water partition coefficient (Wildman–Crippen LogP) is 5.02. The molecule has 174 valence electrons. The van der Waals surface area contributed by atoms with E-state index in [1.54, 1.807) is 12.1 Å². The third-order valence-corrected chi connectivity index (χ3v) is 7.15. The number of aromatic nitrogens is 3. The summed E-state index contributed by atoms with van der Waals surface area (Å²) in [6, 6.07) is 10.4. The highest BCUT2D eigenvalue weighted by atomic mass is 35.5. The number of nitrogens with one attached hydrogen (secondary N) is 2. The molecule has 0 saturated carbocycles. The Morgan fingerprint density at radius 1 is 1.15 bits per heavy atom. The van der Waals surface area contributed by atoms with E-state index in [-0.39, 0.29) is 17.0 Å². The van der Waals surface area contributed by atoms with Crippen molar-refractivity contribution in [3.8, 4) is 0 Å². The van der Waals surface area contributed by atoms with Gasteiger partial charge >= 0.3 is 0 Å². The van der Waals surface area contributed by atoms with Gasteiger partial charge in [0.1, 0.15) is 22.8 Å². The van der Waals surface area contributed by atoms with E-state index in [9.17, 15) is 9.18 Å². The lowest BCUT2D eigenvalue weighted by Gasteiger charge is -2.32. The Morgan fingerprint density at radius 3 is 2.71 bits per heavy atom. The van der Waals surface area contributed by atoms with Crippen molar-refractivity contribution < 1.29 is 9.18 Å². The van der Waals surface area contributed by atoms with E-state index in [1.807, 2.05) is 24.5 Å². The van der Waals surface area contributed by atoms with Crippen LogP contribution in [-0.4, -0.2) is 44.9 Å². The van der Waals surface area contributed by atoms with Crippen LogP contribution in [0.5, 0.6) is 0 Å². The van der Waals surface area contributed by atoms with E-state index in [1.165, 1.54) is 35.4 Å². The summed E-state index contributed by atoms with van der Waals surface area (Å²) in [7, 11) is 0. The maximum atomic E-state index is 13.5. The van der Waals surface area contributed by atoms with Gasteiger partial charge in [0.05, 0.1) is 15.3 Å². The molecule has 4 aromatic rings. The van der Waals surface area contributed by atoms with Gasteiger partial charge < -0.3 is 10.6 Å². The van der Waals surface area contributed by atoms with Crippen molar-refractivity contribution in [1.82, 2.24) is 25.2 Å². The summed E-state index contributed by atoms with van der Waals surface area (Å²) < 4.78 is 13.5. The summed E-state index contributed by atoms with van der Waals surface area (Å²) in [6.07, 6.45) is 6.87. The minimum Gasteiger partial charge on any atom is -0.349 e. The van der Waals surface area contributed by atoms with E-state index in [2.05, 4.69) is 30.5 Å². The van der Waals surface area contributed by atoms with Gasteiger partial charge in [-0.25, -0.2) is 14.4 Å². The smallest absolute Gasteiger partial charge is 0.261 e. The van der Waals surface area contributed by atoms with Crippen molar-refractivity contribution in [1.29, 1.82) is 0 Å². The van der Waals surface area contributed by atoms with Gasteiger partial charge in [-0.1, -0.05) is 11.6 Å². The molecule has 34 heavy (non-hydrogen) atoms. The van der Waals surface area contributed by atoms with Gasteiger partial charge in [0, 0.05) is 43.8 Å². The Bertz CT molecular complexity index is 1310. The lowest BCUT2D eigenvalue weighted by molar-refractivity contribution is 0.0913. The molecule has 2 N–H and O–H groups in total. The average Bonchev–Trinajstić information content (AvgIpc) is 3.29. The quantitative estimate of drug-likeness (QED) is 0.390. The van der Waals surface area contributed by atoms with Crippen molar-refractivity contribution in [3.05, 3.63) is 76.4 Å². The molecule has 0 atom stereocenters. The molecular formula is C24H22ClFN6OS. The number of nitrogens with zero attached hydrogens (tertiary/aromatic N) is 4. The zero-order valence-corrected chi connectivity index (χ0v) is 19.7. The predicted molar refractivity (Wildman–Crippen MR) is 132 cm³/mol. The van der Waals surface area contributed by atoms with E-state index in [4.69, 9.17) is 11.6 Å². The van der Waals surface area contributed by atoms with Crippen molar-refractivity contribution >= 4 is 50.6 Å². The number of carbonyl (C=O) groups excluding carboxylic acids is 1. The van der Waals surface area contributed by atoms with Gasteiger partial charge in [-0.05, 0) is 54.8 Å². The number of pyridine rings is 1. The van der Waals surface area contributed by atoms with E-state index in [0.717, 1.165) is 37.9 Å². The number of anilines is 2. The van der Waals surface area contributed by atoms with Crippen molar-refractivity contribution in [2.24, 2.45) is 0 Å². The molecule has 3 aromatic heterocycles. The average molecular weight is 497 g/mol. The molecule has 1 amide bonds. The second-order valence-corrected chi connectivity index (χ2v) is 9.62.